The van der Waals surface area contributed by atoms with Gasteiger partial charge in [-0.15, -0.1) is 0 Å². The van der Waals surface area contributed by atoms with E-state index in [2.05, 4.69) is 77.7 Å². The topological polar surface area (TPSA) is 15.6 Å². The molecular formula is C20H20N2S. The third kappa shape index (κ3) is 3.10. The normalized spacial score (nSPS) is 22.5. The maximum Gasteiger partial charge on any atom is 0.0805 e. The fourth-order valence-electron chi connectivity index (χ4n) is 2.69. The first-order chi connectivity index (χ1) is 11.2. The van der Waals surface area contributed by atoms with Gasteiger partial charge in [-0.25, -0.2) is 0 Å². The standard InChI is InChI=1S/C20H20N2S/c1-4-9-15(16-10-5-6-11-17(16)21-2)14-20-22(3)18-12-7-8-13-19(18)23-20/h4-14H,1-3H3/b9-4-,16-15+,20-14-,21-17+. The molecule has 0 unspecified atom stereocenters. The molecule has 0 spiro atoms. The highest BCUT2D eigenvalue weighted by molar-refractivity contribution is 8.03. The van der Waals surface area contributed by atoms with Gasteiger partial charge in [-0.05, 0) is 36.8 Å². The number of aliphatic imine (C=N–C) groups is 1. The van der Waals surface area contributed by atoms with Crippen molar-refractivity contribution >= 4 is 23.2 Å². The van der Waals surface area contributed by atoms with Crippen molar-refractivity contribution in [2.45, 2.75) is 11.8 Å². The van der Waals surface area contributed by atoms with Gasteiger partial charge in [-0.3, -0.25) is 4.99 Å². The van der Waals surface area contributed by atoms with Crippen LogP contribution in [0.2, 0.25) is 0 Å². The Kier molecular flexibility index (Phi) is 4.68. The Bertz CT molecular complexity index is 792. The van der Waals surface area contributed by atoms with Crippen LogP contribution in [0.4, 0.5) is 5.69 Å². The summed E-state index contributed by atoms with van der Waals surface area (Å²) < 4.78 is 0. The number of benzene rings is 1. The highest BCUT2D eigenvalue weighted by Gasteiger charge is 2.21. The SMILES string of the molecule is C\C=C/C(/C=C1\Sc2ccccc2N1C)=C1/C=CC=C/C1=N\C. The van der Waals surface area contributed by atoms with Crippen LogP contribution >= 0.6 is 11.8 Å². The summed E-state index contributed by atoms with van der Waals surface area (Å²) in [5.74, 6) is 0. The Labute approximate surface area is 142 Å². The molecule has 2 aliphatic rings. The zero-order chi connectivity index (χ0) is 16.2. The van der Waals surface area contributed by atoms with Gasteiger partial charge in [0, 0.05) is 24.6 Å². The van der Waals surface area contributed by atoms with Crippen LogP contribution in [-0.2, 0) is 0 Å². The number of fused-ring (bicyclic) bond motifs is 1. The lowest BCUT2D eigenvalue weighted by molar-refractivity contribution is 1.17. The van der Waals surface area contributed by atoms with Gasteiger partial charge < -0.3 is 4.90 Å². The maximum atomic E-state index is 4.40. The van der Waals surface area contributed by atoms with Crippen molar-refractivity contribution in [1.82, 2.24) is 0 Å². The molecule has 3 rings (SSSR count). The van der Waals surface area contributed by atoms with E-state index in [4.69, 9.17) is 0 Å². The molecule has 0 saturated carbocycles. The molecule has 23 heavy (non-hydrogen) atoms. The minimum absolute atomic E-state index is 1.01. The molecule has 1 aromatic rings. The summed E-state index contributed by atoms with van der Waals surface area (Å²) in [7, 11) is 3.96. The molecule has 0 N–H and O–H groups in total. The highest BCUT2D eigenvalue weighted by atomic mass is 32.2. The summed E-state index contributed by atoms with van der Waals surface area (Å²) in [5.41, 5.74) is 4.61. The molecule has 0 atom stereocenters. The van der Waals surface area contributed by atoms with E-state index in [9.17, 15) is 0 Å². The molecular weight excluding hydrogens is 300 g/mol. The Morgan fingerprint density at radius 2 is 1.96 bits per heavy atom. The van der Waals surface area contributed by atoms with Crippen LogP contribution in [0.25, 0.3) is 0 Å². The predicted octanol–water partition coefficient (Wildman–Crippen LogP) is 5.14. The number of hydrogen-bond donors (Lipinski definition) is 0. The van der Waals surface area contributed by atoms with Gasteiger partial charge in [-0.1, -0.05) is 54.3 Å². The number of allylic oxidation sites excluding steroid dienone is 9. The third-order valence-electron chi connectivity index (χ3n) is 3.85. The van der Waals surface area contributed by atoms with Crippen LogP contribution in [0.1, 0.15) is 6.92 Å². The van der Waals surface area contributed by atoms with Gasteiger partial charge in [0.2, 0.25) is 0 Å². The van der Waals surface area contributed by atoms with E-state index in [1.165, 1.54) is 21.2 Å². The number of rotatable bonds is 2. The van der Waals surface area contributed by atoms with E-state index in [-0.39, 0.29) is 0 Å². The fourth-order valence-corrected chi connectivity index (χ4v) is 3.79. The number of hydrogen-bond acceptors (Lipinski definition) is 3. The Morgan fingerprint density at radius 1 is 1.17 bits per heavy atom. The summed E-state index contributed by atoms with van der Waals surface area (Å²) in [5, 5.41) is 1.23. The first kappa shape index (κ1) is 15.6. The van der Waals surface area contributed by atoms with E-state index in [1.54, 1.807) is 0 Å². The quantitative estimate of drug-likeness (QED) is 0.750. The Hall–Kier alpha value is -2.26. The van der Waals surface area contributed by atoms with E-state index in [0.29, 0.717) is 0 Å². The lowest BCUT2D eigenvalue weighted by Crippen LogP contribution is -2.10. The Morgan fingerprint density at radius 3 is 2.70 bits per heavy atom. The second-order valence-corrected chi connectivity index (χ2v) is 6.37. The lowest BCUT2D eigenvalue weighted by atomic mass is 9.98. The van der Waals surface area contributed by atoms with Crippen molar-refractivity contribution in [2.24, 2.45) is 4.99 Å². The van der Waals surface area contributed by atoms with Crippen LogP contribution in [0.5, 0.6) is 0 Å². The summed E-state index contributed by atoms with van der Waals surface area (Å²) in [4.78, 5) is 7.95. The van der Waals surface area contributed by atoms with E-state index in [0.717, 1.165) is 11.3 Å². The molecule has 3 heteroatoms. The van der Waals surface area contributed by atoms with Crippen LogP contribution < -0.4 is 4.90 Å². The number of nitrogens with zero attached hydrogens (tertiary/aromatic N) is 2. The van der Waals surface area contributed by atoms with E-state index >= 15 is 0 Å². The van der Waals surface area contributed by atoms with Crippen LogP contribution in [0.15, 0.2) is 92.9 Å². The average molecular weight is 320 g/mol. The van der Waals surface area contributed by atoms with Gasteiger partial charge >= 0.3 is 0 Å². The minimum Gasteiger partial charge on any atom is -0.338 e. The predicted molar refractivity (Wildman–Crippen MR) is 102 cm³/mol. The first-order valence-electron chi connectivity index (χ1n) is 7.65. The highest BCUT2D eigenvalue weighted by Crippen LogP contribution is 2.45. The third-order valence-corrected chi connectivity index (χ3v) is 5.02. The minimum atomic E-state index is 1.01. The number of thioether (sulfide) groups is 1. The van der Waals surface area contributed by atoms with Crippen molar-refractivity contribution in [3.63, 3.8) is 0 Å². The smallest absolute Gasteiger partial charge is 0.0805 e. The second-order valence-electron chi connectivity index (χ2n) is 5.31. The van der Waals surface area contributed by atoms with Gasteiger partial charge in [0.1, 0.15) is 0 Å². The van der Waals surface area contributed by atoms with Crippen molar-refractivity contribution in [1.29, 1.82) is 0 Å². The van der Waals surface area contributed by atoms with Crippen molar-refractivity contribution < 1.29 is 0 Å². The summed E-state index contributed by atoms with van der Waals surface area (Å²) in [6.45, 7) is 2.05. The van der Waals surface area contributed by atoms with E-state index in [1.807, 2.05) is 31.8 Å². The molecule has 2 nitrogen and oxygen atoms in total. The fraction of sp³-hybridized carbons (Fsp3) is 0.150. The summed E-state index contributed by atoms with van der Waals surface area (Å²) in [6, 6.07) is 8.50. The molecule has 1 aromatic carbocycles. The molecule has 0 radical (unpaired) electrons. The zero-order valence-electron chi connectivity index (χ0n) is 13.7. The first-order valence-corrected chi connectivity index (χ1v) is 8.47. The zero-order valence-corrected chi connectivity index (χ0v) is 14.5. The number of anilines is 1. The molecule has 0 aromatic heterocycles. The van der Waals surface area contributed by atoms with Gasteiger partial charge in [-0.2, -0.15) is 0 Å². The van der Waals surface area contributed by atoms with Crippen molar-refractivity contribution in [3.8, 4) is 0 Å². The number of para-hydroxylation sites is 1. The molecule has 1 aliphatic heterocycles. The molecule has 1 heterocycles. The van der Waals surface area contributed by atoms with Crippen molar-refractivity contribution in [3.05, 3.63) is 83.0 Å². The van der Waals surface area contributed by atoms with Gasteiger partial charge in [0.15, 0.2) is 0 Å². The largest absolute Gasteiger partial charge is 0.338 e. The van der Waals surface area contributed by atoms with E-state index < -0.39 is 0 Å². The van der Waals surface area contributed by atoms with Crippen LogP contribution in [-0.4, -0.2) is 19.8 Å². The molecule has 0 fully saturated rings. The van der Waals surface area contributed by atoms with Gasteiger partial charge in [0.25, 0.3) is 0 Å². The monoisotopic (exact) mass is 320 g/mol. The second kappa shape index (κ2) is 6.88. The van der Waals surface area contributed by atoms with Crippen molar-refractivity contribution in [2.75, 3.05) is 19.0 Å². The van der Waals surface area contributed by atoms with Crippen LogP contribution in [0.3, 0.4) is 0 Å². The molecule has 0 saturated heterocycles. The molecule has 0 amide bonds. The average Bonchev–Trinajstić information content (AvgIpc) is 2.91. The maximum absolute atomic E-state index is 4.40. The summed E-state index contributed by atoms with van der Waals surface area (Å²) in [6.07, 6.45) is 14.7. The summed E-state index contributed by atoms with van der Waals surface area (Å²) >= 11 is 1.81. The molecule has 116 valence electrons. The molecule has 0 bridgehead atoms. The molecule has 1 aliphatic carbocycles. The Balaban J connectivity index is 2.05. The van der Waals surface area contributed by atoms with Crippen LogP contribution in [0, 0.1) is 0 Å². The lowest BCUT2D eigenvalue weighted by Gasteiger charge is -2.15. The van der Waals surface area contributed by atoms with Gasteiger partial charge in [0.05, 0.1) is 16.4 Å².